The number of anilines is 1. The topological polar surface area (TPSA) is 57.8 Å². The summed E-state index contributed by atoms with van der Waals surface area (Å²) in [5.41, 5.74) is 0.0630. The lowest BCUT2D eigenvalue weighted by atomic mass is 10.2. The second-order valence-corrected chi connectivity index (χ2v) is 3.97. The molecule has 0 aliphatic carbocycles. The molecule has 1 heterocycles. The summed E-state index contributed by atoms with van der Waals surface area (Å²) in [7, 11) is 0. The van der Waals surface area contributed by atoms with Crippen LogP contribution < -0.4 is 5.32 Å². The SMILES string of the molecule is Cc1cc(C(=O)Nc2cccc(C(F)(F)F)c2)n[nH]1. The number of halogens is 3. The number of H-pyrrole nitrogens is 1. The second kappa shape index (κ2) is 4.75. The molecule has 1 aromatic carbocycles. The summed E-state index contributed by atoms with van der Waals surface area (Å²) in [5.74, 6) is -0.566. The van der Waals surface area contributed by atoms with Gasteiger partial charge in [-0.15, -0.1) is 0 Å². The van der Waals surface area contributed by atoms with E-state index < -0.39 is 17.6 Å². The van der Waals surface area contributed by atoms with Crippen LogP contribution in [-0.4, -0.2) is 16.1 Å². The fourth-order valence-electron chi connectivity index (χ4n) is 1.50. The molecule has 100 valence electrons. The molecule has 0 atom stereocenters. The Kier molecular flexibility index (Phi) is 3.28. The molecule has 0 spiro atoms. The van der Waals surface area contributed by atoms with Crippen LogP contribution >= 0.6 is 0 Å². The van der Waals surface area contributed by atoms with E-state index in [0.29, 0.717) is 5.69 Å². The summed E-state index contributed by atoms with van der Waals surface area (Å²) in [4.78, 5) is 11.7. The summed E-state index contributed by atoms with van der Waals surface area (Å²) in [6.45, 7) is 1.72. The van der Waals surface area contributed by atoms with Gasteiger partial charge in [0, 0.05) is 11.4 Å². The Morgan fingerprint density at radius 3 is 2.63 bits per heavy atom. The summed E-state index contributed by atoms with van der Waals surface area (Å²) in [6, 6.07) is 5.93. The third-order valence-corrected chi connectivity index (χ3v) is 2.39. The third-order valence-electron chi connectivity index (χ3n) is 2.39. The van der Waals surface area contributed by atoms with Crippen LogP contribution in [0.1, 0.15) is 21.7 Å². The number of benzene rings is 1. The van der Waals surface area contributed by atoms with Crippen LogP contribution in [-0.2, 0) is 6.18 Å². The molecule has 2 rings (SSSR count). The first-order valence-electron chi connectivity index (χ1n) is 5.37. The number of carbonyl (C=O) groups excluding carboxylic acids is 1. The average molecular weight is 269 g/mol. The zero-order valence-corrected chi connectivity index (χ0v) is 9.88. The molecule has 0 fully saturated rings. The van der Waals surface area contributed by atoms with Crippen molar-refractivity contribution in [2.45, 2.75) is 13.1 Å². The van der Waals surface area contributed by atoms with Crippen molar-refractivity contribution >= 4 is 11.6 Å². The predicted octanol–water partition coefficient (Wildman–Crippen LogP) is 2.99. The van der Waals surface area contributed by atoms with Gasteiger partial charge < -0.3 is 5.32 Å². The van der Waals surface area contributed by atoms with Crippen LogP contribution in [0.15, 0.2) is 30.3 Å². The first-order chi connectivity index (χ1) is 8.86. The number of hydrogen-bond acceptors (Lipinski definition) is 2. The number of carbonyl (C=O) groups is 1. The number of hydrogen-bond donors (Lipinski definition) is 2. The van der Waals surface area contributed by atoms with Gasteiger partial charge >= 0.3 is 6.18 Å². The highest BCUT2D eigenvalue weighted by Crippen LogP contribution is 2.30. The summed E-state index contributed by atoms with van der Waals surface area (Å²) >= 11 is 0. The lowest BCUT2D eigenvalue weighted by Gasteiger charge is -2.09. The standard InChI is InChI=1S/C12H10F3N3O/c1-7-5-10(18-17-7)11(19)16-9-4-2-3-8(6-9)12(13,14)15/h2-6H,1H3,(H,16,19)(H,17,18). The maximum atomic E-state index is 12.5. The van der Waals surface area contributed by atoms with E-state index in [1.165, 1.54) is 18.2 Å². The summed E-state index contributed by atoms with van der Waals surface area (Å²) < 4.78 is 37.5. The van der Waals surface area contributed by atoms with E-state index >= 15 is 0 Å². The normalized spacial score (nSPS) is 11.4. The number of aromatic amines is 1. The highest BCUT2D eigenvalue weighted by atomic mass is 19.4. The maximum absolute atomic E-state index is 12.5. The Morgan fingerprint density at radius 2 is 2.05 bits per heavy atom. The number of nitrogens with zero attached hydrogens (tertiary/aromatic N) is 1. The van der Waals surface area contributed by atoms with Crippen molar-refractivity contribution < 1.29 is 18.0 Å². The second-order valence-electron chi connectivity index (χ2n) is 3.97. The number of nitrogens with one attached hydrogen (secondary N) is 2. The van der Waals surface area contributed by atoms with Gasteiger partial charge in [-0.1, -0.05) is 6.07 Å². The van der Waals surface area contributed by atoms with Gasteiger partial charge in [0.2, 0.25) is 0 Å². The van der Waals surface area contributed by atoms with Crippen LogP contribution in [0.25, 0.3) is 0 Å². The van der Waals surface area contributed by atoms with Gasteiger partial charge in [0.05, 0.1) is 5.56 Å². The van der Waals surface area contributed by atoms with Gasteiger partial charge in [-0.3, -0.25) is 9.89 Å². The van der Waals surface area contributed by atoms with Crippen LogP contribution in [0.3, 0.4) is 0 Å². The monoisotopic (exact) mass is 269 g/mol. The minimum absolute atomic E-state index is 0.0699. The first-order valence-corrected chi connectivity index (χ1v) is 5.37. The first kappa shape index (κ1) is 13.1. The van der Waals surface area contributed by atoms with E-state index in [4.69, 9.17) is 0 Å². The fourth-order valence-corrected chi connectivity index (χ4v) is 1.50. The predicted molar refractivity (Wildman–Crippen MR) is 62.7 cm³/mol. The Morgan fingerprint density at radius 1 is 1.32 bits per heavy atom. The number of aromatic nitrogens is 2. The van der Waals surface area contributed by atoms with Crippen molar-refractivity contribution in [3.8, 4) is 0 Å². The van der Waals surface area contributed by atoms with Crippen molar-refractivity contribution in [1.29, 1.82) is 0 Å². The van der Waals surface area contributed by atoms with E-state index in [2.05, 4.69) is 15.5 Å². The molecule has 1 amide bonds. The van der Waals surface area contributed by atoms with Crippen LogP contribution in [0.5, 0.6) is 0 Å². The van der Waals surface area contributed by atoms with Gasteiger partial charge in [-0.25, -0.2) is 0 Å². The fraction of sp³-hybridized carbons (Fsp3) is 0.167. The Bertz CT molecular complexity index is 604. The molecule has 0 aliphatic rings. The van der Waals surface area contributed by atoms with E-state index in [0.717, 1.165) is 12.1 Å². The molecule has 4 nitrogen and oxygen atoms in total. The molecule has 19 heavy (non-hydrogen) atoms. The smallest absolute Gasteiger partial charge is 0.321 e. The molecule has 7 heteroatoms. The maximum Gasteiger partial charge on any atom is 0.416 e. The molecule has 2 aromatic rings. The number of alkyl halides is 3. The molecule has 1 aromatic heterocycles. The highest BCUT2D eigenvalue weighted by molar-refractivity contribution is 6.02. The van der Waals surface area contributed by atoms with Crippen molar-refractivity contribution in [1.82, 2.24) is 10.2 Å². The van der Waals surface area contributed by atoms with Crippen molar-refractivity contribution in [2.24, 2.45) is 0 Å². The van der Waals surface area contributed by atoms with E-state index in [9.17, 15) is 18.0 Å². The largest absolute Gasteiger partial charge is 0.416 e. The van der Waals surface area contributed by atoms with Gasteiger partial charge in [-0.05, 0) is 31.2 Å². The minimum atomic E-state index is -4.44. The lowest BCUT2D eigenvalue weighted by Crippen LogP contribution is -2.13. The van der Waals surface area contributed by atoms with Crippen molar-refractivity contribution in [3.05, 3.63) is 47.3 Å². The van der Waals surface area contributed by atoms with Gasteiger partial charge in [0.1, 0.15) is 0 Å². The number of amides is 1. The Balaban J connectivity index is 2.18. The van der Waals surface area contributed by atoms with Gasteiger partial charge in [-0.2, -0.15) is 18.3 Å². The molecular weight excluding hydrogens is 259 g/mol. The minimum Gasteiger partial charge on any atom is -0.321 e. The van der Waals surface area contributed by atoms with Crippen LogP contribution in [0.4, 0.5) is 18.9 Å². The van der Waals surface area contributed by atoms with Gasteiger partial charge in [0.25, 0.3) is 5.91 Å². The average Bonchev–Trinajstić information content (AvgIpc) is 2.75. The van der Waals surface area contributed by atoms with E-state index in [1.807, 2.05) is 0 Å². The molecule has 0 saturated carbocycles. The van der Waals surface area contributed by atoms with E-state index in [-0.39, 0.29) is 11.4 Å². The van der Waals surface area contributed by atoms with E-state index in [1.54, 1.807) is 6.92 Å². The van der Waals surface area contributed by atoms with Crippen LogP contribution in [0.2, 0.25) is 0 Å². The molecule has 0 unspecified atom stereocenters. The van der Waals surface area contributed by atoms with Crippen molar-refractivity contribution in [2.75, 3.05) is 5.32 Å². The molecule has 0 aliphatic heterocycles. The van der Waals surface area contributed by atoms with Gasteiger partial charge in [0.15, 0.2) is 5.69 Å². The summed E-state index contributed by atoms with van der Waals surface area (Å²) in [5, 5.41) is 8.67. The quantitative estimate of drug-likeness (QED) is 0.880. The Hall–Kier alpha value is -2.31. The number of rotatable bonds is 2. The Labute approximate surface area is 106 Å². The van der Waals surface area contributed by atoms with Crippen molar-refractivity contribution in [3.63, 3.8) is 0 Å². The zero-order chi connectivity index (χ0) is 14.0. The molecular formula is C12H10F3N3O. The molecule has 0 bridgehead atoms. The summed E-state index contributed by atoms with van der Waals surface area (Å²) in [6.07, 6.45) is -4.44. The lowest BCUT2D eigenvalue weighted by molar-refractivity contribution is -0.137. The third kappa shape index (κ3) is 3.12. The zero-order valence-electron chi connectivity index (χ0n) is 9.88. The molecule has 2 N–H and O–H groups in total. The molecule has 0 saturated heterocycles. The van der Waals surface area contributed by atoms with Crippen LogP contribution in [0, 0.1) is 6.92 Å². The molecule has 0 radical (unpaired) electrons. The number of aryl methyl sites for hydroxylation is 1. The highest BCUT2D eigenvalue weighted by Gasteiger charge is 2.30.